The molecule has 2 unspecified atom stereocenters. The van der Waals surface area contributed by atoms with Gasteiger partial charge in [0.15, 0.2) is 0 Å². The third kappa shape index (κ3) is 1.59. The van der Waals surface area contributed by atoms with E-state index in [4.69, 9.17) is 0 Å². The number of aliphatic hydroxyl groups is 1. The summed E-state index contributed by atoms with van der Waals surface area (Å²) in [6, 6.07) is 0.102. The smallest absolute Gasteiger partial charge is 0.226 e. The fourth-order valence-corrected chi connectivity index (χ4v) is 2.19. The molecule has 0 spiro atoms. The van der Waals surface area contributed by atoms with E-state index in [0.29, 0.717) is 6.42 Å². The molecule has 0 bridgehead atoms. The molecular weight excluding hydrogens is 174 g/mol. The summed E-state index contributed by atoms with van der Waals surface area (Å²) < 4.78 is 0. The minimum atomic E-state index is -0.590. The van der Waals surface area contributed by atoms with E-state index in [9.17, 15) is 9.90 Å². The van der Waals surface area contributed by atoms with Gasteiger partial charge in [0.2, 0.25) is 5.91 Å². The average molecular weight is 189 g/mol. The molecular formula is C8H15NO2S. The monoisotopic (exact) mass is 189 g/mol. The Morgan fingerprint density at radius 3 is 2.50 bits per heavy atom. The molecule has 1 heterocycles. The van der Waals surface area contributed by atoms with Crippen molar-refractivity contribution in [3.05, 3.63) is 0 Å². The van der Waals surface area contributed by atoms with Gasteiger partial charge in [-0.05, 0) is 20.1 Å². The van der Waals surface area contributed by atoms with Crippen LogP contribution in [0, 0.1) is 0 Å². The maximum Gasteiger partial charge on any atom is 0.226 e. The van der Waals surface area contributed by atoms with Gasteiger partial charge < -0.3 is 10.0 Å². The lowest BCUT2D eigenvalue weighted by Crippen LogP contribution is -2.40. The average Bonchev–Trinajstić information content (AvgIpc) is 2.25. The van der Waals surface area contributed by atoms with Gasteiger partial charge in [-0.25, -0.2) is 0 Å². The summed E-state index contributed by atoms with van der Waals surface area (Å²) >= 11 is 1.55. The second kappa shape index (κ2) is 3.66. The lowest BCUT2D eigenvalue weighted by Gasteiger charge is -2.26. The second-order valence-corrected chi connectivity index (χ2v) is 4.36. The lowest BCUT2D eigenvalue weighted by molar-refractivity contribution is -0.135. The number of thioether (sulfide) groups is 1. The summed E-state index contributed by atoms with van der Waals surface area (Å²) in [6.45, 7) is 3.84. The third-order valence-electron chi connectivity index (χ3n) is 2.14. The largest absolute Gasteiger partial charge is 0.372 e. The molecule has 0 aromatic carbocycles. The first-order valence-electron chi connectivity index (χ1n) is 4.10. The van der Waals surface area contributed by atoms with E-state index in [1.807, 2.05) is 20.1 Å². The molecule has 12 heavy (non-hydrogen) atoms. The van der Waals surface area contributed by atoms with Crippen molar-refractivity contribution in [1.29, 1.82) is 0 Å². The Hall–Kier alpha value is -0.220. The summed E-state index contributed by atoms with van der Waals surface area (Å²) in [6.07, 6.45) is 1.80. The maximum absolute atomic E-state index is 11.3. The van der Waals surface area contributed by atoms with Gasteiger partial charge in [-0.2, -0.15) is 11.8 Å². The fourth-order valence-electron chi connectivity index (χ4n) is 1.51. The van der Waals surface area contributed by atoms with Crippen molar-refractivity contribution in [3.8, 4) is 0 Å². The van der Waals surface area contributed by atoms with Crippen molar-refractivity contribution in [2.45, 2.75) is 37.8 Å². The first kappa shape index (κ1) is 9.86. The Morgan fingerprint density at radius 2 is 2.25 bits per heavy atom. The van der Waals surface area contributed by atoms with Crippen molar-refractivity contribution in [3.63, 3.8) is 0 Å². The molecule has 0 aromatic heterocycles. The Bertz CT molecular complexity index is 184. The van der Waals surface area contributed by atoms with Crippen LogP contribution in [0.3, 0.4) is 0 Å². The van der Waals surface area contributed by atoms with Crippen molar-refractivity contribution in [2.75, 3.05) is 6.26 Å². The summed E-state index contributed by atoms with van der Waals surface area (Å²) in [5, 5.41) is 9.73. The molecule has 1 rings (SSSR count). The van der Waals surface area contributed by atoms with Crippen LogP contribution >= 0.6 is 11.8 Å². The Balaban J connectivity index is 2.70. The lowest BCUT2D eigenvalue weighted by atomic mass is 10.3. The number of carbonyl (C=O) groups excluding carboxylic acids is 1. The van der Waals surface area contributed by atoms with Crippen molar-refractivity contribution in [2.24, 2.45) is 0 Å². The van der Waals surface area contributed by atoms with Gasteiger partial charge in [0.25, 0.3) is 0 Å². The highest BCUT2D eigenvalue weighted by Crippen LogP contribution is 2.28. The van der Waals surface area contributed by atoms with E-state index >= 15 is 0 Å². The van der Waals surface area contributed by atoms with E-state index < -0.39 is 6.23 Å². The molecule has 1 aliphatic heterocycles. The number of amides is 1. The van der Waals surface area contributed by atoms with E-state index in [2.05, 4.69) is 0 Å². The van der Waals surface area contributed by atoms with Crippen LogP contribution in [0.15, 0.2) is 0 Å². The Labute approximate surface area is 77.1 Å². The number of hydrogen-bond acceptors (Lipinski definition) is 3. The summed E-state index contributed by atoms with van der Waals surface area (Å²) in [5.74, 6) is 0.0665. The van der Waals surface area contributed by atoms with Crippen LogP contribution in [0.5, 0.6) is 0 Å². The number of hydrogen-bond donors (Lipinski definition) is 1. The number of likely N-dealkylation sites (tertiary alicyclic amines) is 1. The van der Waals surface area contributed by atoms with Crippen molar-refractivity contribution < 1.29 is 9.90 Å². The number of nitrogens with zero attached hydrogens (tertiary/aromatic N) is 1. The zero-order chi connectivity index (χ0) is 9.30. The maximum atomic E-state index is 11.3. The van der Waals surface area contributed by atoms with E-state index in [1.165, 1.54) is 0 Å². The molecule has 0 aromatic rings. The topological polar surface area (TPSA) is 40.5 Å². The number of aliphatic hydroxyl groups excluding tert-OH is 1. The van der Waals surface area contributed by atoms with Crippen molar-refractivity contribution >= 4 is 17.7 Å². The van der Waals surface area contributed by atoms with Crippen LogP contribution in [0.1, 0.15) is 20.3 Å². The van der Waals surface area contributed by atoms with Crippen LogP contribution in [0.25, 0.3) is 0 Å². The molecule has 0 saturated carbocycles. The minimum Gasteiger partial charge on any atom is -0.372 e. The van der Waals surface area contributed by atoms with Gasteiger partial charge in [0.1, 0.15) is 6.23 Å². The fraction of sp³-hybridized carbons (Fsp3) is 0.875. The summed E-state index contributed by atoms with van der Waals surface area (Å²) in [4.78, 5) is 12.9. The van der Waals surface area contributed by atoms with Crippen LogP contribution < -0.4 is 0 Å². The van der Waals surface area contributed by atoms with Crippen LogP contribution in [0.4, 0.5) is 0 Å². The van der Waals surface area contributed by atoms with Gasteiger partial charge in [-0.1, -0.05) is 0 Å². The molecule has 2 atom stereocenters. The zero-order valence-corrected chi connectivity index (χ0v) is 8.47. The van der Waals surface area contributed by atoms with E-state index in [1.54, 1.807) is 16.7 Å². The standard InChI is InChI=1S/C8H15NO2S/c1-5(2)9-7(10)4-6(12-3)8(9)11/h5-6,8,11H,4H2,1-3H3. The molecule has 0 radical (unpaired) electrons. The third-order valence-corrected chi connectivity index (χ3v) is 3.16. The predicted molar refractivity (Wildman–Crippen MR) is 49.9 cm³/mol. The van der Waals surface area contributed by atoms with Gasteiger partial charge in [-0.15, -0.1) is 0 Å². The number of rotatable bonds is 2. The van der Waals surface area contributed by atoms with Crippen LogP contribution in [-0.2, 0) is 4.79 Å². The minimum absolute atomic E-state index is 0.0555. The van der Waals surface area contributed by atoms with Gasteiger partial charge in [0, 0.05) is 12.5 Å². The molecule has 0 aliphatic carbocycles. The van der Waals surface area contributed by atoms with Gasteiger partial charge in [-0.3, -0.25) is 4.79 Å². The highest BCUT2D eigenvalue weighted by molar-refractivity contribution is 7.99. The Kier molecular flexibility index (Phi) is 3.01. The normalized spacial score (nSPS) is 30.4. The Morgan fingerprint density at radius 1 is 1.67 bits per heavy atom. The molecule has 3 nitrogen and oxygen atoms in total. The second-order valence-electron chi connectivity index (χ2n) is 3.29. The molecule has 1 saturated heterocycles. The summed E-state index contributed by atoms with van der Waals surface area (Å²) in [7, 11) is 0. The SMILES string of the molecule is CSC1CC(=O)N(C(C)C)C1O. The van der Waals surface area contributed by atoms with Crippen LogP contribution in [0.2, 0.25) is 0 Å². The highest BCUT2D eigenvalue weighted by Gasteiger charge is 2.39. The van der Waals surface area contributed by atoms with E-state index in [0.717, 1.165) is 0 Å². The van der Waals surface area contributed by atoms with Gasteiger partial charge >= 0.3 is 0 Å². The molecule has 70 valence electrons. The number of carbonyl (C=O) groups is 1. The van der Waals surface area contributed by atoms with Gasteiger partial charge in [0.05, 0.1) is 5.25 Å². The molecule has 1 aliphatic rings. The predicted octanol–water partition coefficient (Wildman–Crippen LogP) is 0.677. The van der Waals surface area contributed by atoms with Crippen molar-refractivity contribution in [1.82, 2.24) is 4.90 Å². The molecule has 1 N–H and O–H groups in total. The first-order chi connectivity index (χ1) is 5.57. The van der Waals surface area contributed by atoms with Crippen LogP contribution in [-0.4, -0.2) is 39.7 Å². The quantitative estimate of drug-likeness (QED) is 0.694. The zero-order valence-electron chi connectivity index (χ0n) is 7.65. The summed E-state index contributed by atoms with van der Waals surface area (Å²) in [5.41, 5.74) is 0. The first-order valence-corrected chi connectivity index (χ1v) is 5.38. The molecule has 1 fully saturated rings. The molecule has 4 heteroatoms. The highest BCUT2D eigenvalue weighted by atomic mass is 32.2. The molecule has 1 amide bonds. The van der Waals surface area contributed by atoms with E-state index in [-0.39, 0.29) is 17.2 Å².